The quantitative estimate of drug-likeness (QED) is 0.0321. The highest BCUT2D eigenvalue weighted by molar-refractivity contribution is 5.77. The van der Waals surface area contributed by atoms with Gasteiger partial charge in [-0.25, -0.2) is 0 Å². The van der Waals surface area contributed by atoms with E-state index >= 15 is 0 Å². The van der Waals surface area contributed by atoms with Gasteiger partial charge in [0.25, 0.3) is 0 Å². The molecular formula is C58H113NO5. The van der Waals surface area contributed by atoms with E-state index in [0.717, 1.165) is 57.8 Å². The summed E-state index contributed by atoms with van der Waals surface area (Å²) >= 11 is 0. The van der Waals surface area contributed by atoms with Crippen molar-refractivity contribution in [2.75, 3.05) is 6.61 Å². The van der Waals surface area contributed by atoms with Gasteiger partial charge in [-0.1, -0.05) is 270 Å². The number of carbonyl (C=O) groups is 2. The van der Waals surface area contributed by atoms with E-state index in [2.05, 4.69) is 38.2 Å². The van der Waals surface area contributed by atoms with Crippen LogP contribution in [0.2, 0.25) is 0 Å². The monoisotopic (exact) mass is 904 g/mol. The fraction of sp³-hybridized carbons (Fsp3) is 0.931. The van der Waals surface area contributed by atoms with Crippen molar-refractivity contribution in [2.24, 2.45) is 0 Å². The van der Waals surface area contributed by atoms with Crippen LogP contribution in [0.15, 0.2) is 12.2 Å². The summed E-state index contributed by atoms with van der Waals surface area (Å²) in [5.41, 5.74) is 0. The van der Waals surface area contributed by atoms with E-state index in [-0.39, 0.29) is 24.9 Å². The molecule has 380 valence electrons. The van der Waals surface area contributed by atoms with E-state index in [1.54, 1.807) is 0 Å². The summed E-state index contributed by atoms with van der Waals surface area (Å²) in [7, 11) is 0. The van der Waals surface area contributed by atoms with E-state index in [1.807, 2.05) is 0 Å². The zero-order valence-corrected chi connectivity index (χ0v) is 43.4. The topological polar surface area (TPSA) is 95.9 Å². The molecule has 0 saturated carbocycles. The Morgan fingerprint density at radius 3 is 1.12 bits per heavy atom. The summed E-state index contributed by atoms with van der Waals surface area (Å²) in [6, 6.07) is -0.701. The van der Waals surface area contributed by atoms with Crippen LogP contribution in [0.1, 0.15) is 323 Å². The normalized spacial score (nSPS) is 13.1. The molecule has 6 nitrogen and oxygen atoms in total. The van der Waals surface area contributed by atoms with Crippen LogP contribution < -0.4 is 5.32 Å². The smallest absolute Gasteiger partial charge is 0.306 e. The molecule has 0 aliphatic heterocycles. The average Bonchev–Trinajstić information content (AvgIpc) is 3.29. The molecule has 0 bridgehead atoms. The molecule has 0 aromatic carbocycles. The Bertz CT molecular complexity index is 970. The molecular weight excluding hydrogens is 791 g/mol. The number of hydrogen-bond donors (Lipinski definition) is 3. The van der Waals surface area contributed by atoms with Gasteiger partial charge in [0.15, 0.2) is 0 Å². The first kappa shape index (κ1) is 62.6. The fourth-order valence-electron chi connectivity index (χ4n) is 9.19. The van der Waals surface area contributed by atoms with Gasteiger partial charge in [0.2, 0.25) is 5.91 Å². The third-order valence-electron chi connectivity index (χ3n) is 13.6. The number of carbonyl (C=O) groups excluding carboxylic acids is 2. The second-order valence-corrected chi connectivity index (χ2v) is 20.1. The van der Waals surface area contributed by atoms with Gasteiger partial charge < -0.3 is 20.3 Å². The van der Waals surface area contributed by atoms with Crippen LogP contribution in [-0.2, 0) is 14.3 Å². The van der Waals surface area contributed by atoms with Gasteiger partial charge >= 0.3 is 5.97 Å². The predicted molar refractivity (Wildman–Crippen MR) is 278 cm³/mol. The number of hydrogen-bond acceptors (Lipinski definition) is 5. The van der Waals surface area contributed by atoms with Crippen LogP contribution in [0.3, 0.4) is 0 Å². The molecule has 64 heavy (non-hydrogen) atoms. The standard InChI is InChI=1S/C58H113NO5/c1-4-7-10-13-16-19-22-25-27-29-31-33-35-38-41-44-47-50-56(61)55(53-60)59-57(62)52-54(64-58(63)51-48-45-42-39-36-24-21-18-15-12-9-6-3)49-46-43-40-37-34-32-30-28-26-23-20-17-14-11-8-5-2/h32,34,54-56,60-61H,4-31,33,35-53H2,1-3H3,(H,59,62)/b34-32+. The first-order chi connectivity index (χ1) is 31.5. The van der Waals surface area contributed by atoms with Crippen molar-refractivity contribution in [3.63, 3.8) is 0 Å². The molecule has 0 rings (SSSR count). The summed E-state index contributed by atoms with van der Waals surface area (Å²) in [4.78, 5) is 26.2. The number of aliphatic hydroxyl groups excluding tert-OH is 2. The molecule has 3 unspecified atom stereocenters. The van der Waals surface area contributed by atoms with E-state index < -0.39 is 18.2 Å². The number of ether oxygens (including phenoxy) is 1. The largest absolute Gasteiger partial charge is 0.462 e. The van der Waals surface area contributed by atoms with Crippen molar-refractivity contribution >= 4 is 11.9 Å². The van der Waals surface area contributed by atoms with E-state index in [1.165, 1.54) is 218 Å². The van der Waals surface area contributed by atoms with Crippen LogP contribution in [-0.4, -0.2) is 46.9 Å². The molecule has 0 radical (unpaired) electrons. The minimum absolute atomic E-state index is 0.0746. The van der Waals surface area contributed by atoms with E-state index in [4.69, 9.17) is 4.74 Å². The number of rotatable bonds is 53. The fourth-order valence-corrected chi connectivity index (χ4v) is 9.19. The lowest BCUT2D eigenvalue weighted by molar-refractivity contribution is -0.151. The van der Waals surface area contributed by atoms with Gasteiger partial charge in [-0.3, -0.25) is 9.59 Å². The highest BCUT2D eigenvalue weighted by atomic mass is 16.5. The van der Waals surface area contributed by atoms with Crippen molar-refractivity contribution in [1.29, 1.82) is 0 Å². The molecule has 0 saturated heterocycles. The number of unbranched alkanes of at least 4 members (excludes halogenated alkanes) is 39. The minimum atomic E-state index is -0.787. The van der Waals surface area contributed by atoms with Crippen molar-refractivity contribution < 1.29 is 24.5 Å². The van der Waals surface area contributed by atoms with Gasteiger partial charge in [0.05, 0.1) is 25.2 Å². The minimum Gasteiger partial charge on any atom is -0.462 e. The Kier molecular flexibility index (Phi) is 51.4. The summed E-state index contributed by atoms with van der Waals surface area (Å²) in [5.74, 6) is -0.468. The first-order valence-electron chi connectivity index (χ1n) is 28.9. The van der Waals surface area contributed by atoms with E-state index in [0.29, 0.717) is 19.3 Å². The average molecular weight is 905 g/mol. The van der Waals surface area contributed by atoms with Gasteiger partial charge in [-0.15, -0.1) is 0 Å². The summed E-state index contributed by atoms with van der Waals surface area (Å²) in [5, 5.41) is 23.9. The molecule has 0 aliphatic carbocycles. The lowest BCUT2D eigenvalue weighted by Gasteiger charge is -2.24. The predicted octanol–water partition coefficient (Wildman–Crippen LogP) is 17.7. The highest BCUT2D eigenvalue weighted by Crippen LogP contribution is 2.19. The molecule has 3 atom stereocenters. The maximum Gasteiger partial charge on any atom is 0.306 e. The number of allylic oxidation sites excluding steroid dienone is 2. The van der Waals surface area contributed by atoms with Crippen LogP contribution in [0.25, 0.3) is 0 Å². The zero-order valence-electron chi connectivity index (χ0n) is 43.4. The Balaban J connectivity index is 4.49. The maximum atomic E-state index is 13.3. The molecule has 0 heterocycles. The second kappa shape index (κ2) is 52.6. The van der Waals surface area contributed by atoms with Crippen LogP contribution >= 0.6 is 0 Å². The lowest BCUT2D eigenvalue weighted by Crippen LogP contribution is -2.46. The van der Waals surface area contributed by atoms with Crippen LogP contribution in [0, 0.1) is 0 Å². The van der Waals surface area contributed by atoms with Crippen molar-refractivity contribution in [1.82, 2.24) is 5.32 Å². The third kappa shape index (κ3) is 47.1. The van der Waals surface area contributed by atoms with Crippen molar-refractivity contribution in [3.8, 4) is 0 Å². The maximum absolute atomic E-state index is 13.3. The number of amides is 1. The number of nitrogens with one attached hydrogen (secondary N) is 1. The Morgan fingerprint density at radius 1 is 0.438 bits per heavy atom. The van der Waals surface area contributed by atoms with Gasteiger partial charge in [0, 0.05) is 6.42 Å². The molecule has 1 amide bonds. The zero-order chi connectivity index (χ0) is 46.7. The van der Waals surface area contributed by atoms with E-state index in [9.17, 15) is 19.8 Å². The number of aliphatic hydroxyl groups is 2. The Hall–Kier alpha value is -1.40. The molecule has 0 fully saturated rings. The number of esters is 1. The molecule has 0 spiro atoms. The summed E-state index contributed by atoms with van der Waals surface area (Å²) in [6.07, 6.45) is 59.9. The molecule has 0 aliphatic rings. The highest BCUT2D eigenvalue weighted by Gasteiger charge is 2.24. The Labute approximate surface area is 399 Å². The third-order valence-corrected chi connectivity index (χ3v) is 13.6. The molecule has 6 heteroatoms. The van der Waals surface area contributed by atoms with Gasteiger partial charge in [0.1, 0.15) is 6.10 Å². The summed E-state index contributed by atoms with van der Waals surface area (Å²) in [6.45, 7) is 6.52. The first-order valence-corrected chi connectivity index (χ1v) is 28.9. The second-order valence-electron chi connectivity index (χ2n) is 20.1. The molecule has 0 aromatic rings. The van der Waals surface area contributed by atoms with Gasteiger partial charge in [-0.2, -0.15) is 0 Å². The van der Waals surface area contributed by atoms with Gasteiger partial charge in [-0.05, 0) is 51.4 Å². The SMILES string of the molecule is CCCCCCCCCCC/C=C/CCCCCC(CC(=O)NC(CO)C(O)CCCCCCCCCCCCCCCCCCC)OC(=O)CCCCCCCCCCCCCC. The molecule has 0 aromatic heterocycles. The van der Waals surface area contributed by atoms with Crippen molar-refractivity contribution in [2.45, 2.75) is 341 Å². The lowest BCUT2D eigenvalue weighted by atomic mass is 10.0. The van der Waals surface area contributed by atoms with Crippen LogP contribution in [0.4, 0.5) is 0 Å². The Morgan fingerprint density at radius 2 is 0.750 bits per heavy atom. The van der Waals surface area contributed by atoms with Crippen molar-refractivity contribution in [3.05, 3.63) is 12.2 Å². The summed E-state index contributed by atoms with van der Waals surface area (Å²) < 4.78 is 5.95. The van der Waals surface area contributed by atoms with Crippen LogP contribution in [0.5, 0.6) is 0 Å². The molecule has 3 N–H and O–H groups in total.